The van der Waals surface area contributed by atoms with Crippen molar-refractivity contribution in [3.8, 4) is 0 Å². The van der Waals surface area contributed by atoms with Gasteiger partial charge in [-0.15, -0.1) is 0 Å². The fourth-order valence-corrected chi connectivity index (χ4v) is 2.91. The molecule has 0 rings (SSSR count). The number of nitrogens with one attached hydrogen (secondary N) is 3. The van der Waals surface area contributed by atoms with Crippen molar-refractivity contribution in [3.05, 3.63) is 0 Å². The summed E-state index contributed by atoms with van der Waals surface area (Å²) in [6, 6.07) is -5.62. The van der Waals surface area contributed by atoms with E-state index in [-0.39, 0.29) is 6.42 Å². The van der Waals surface area contributed by atoms with Gasteiger partial charge in [0.25, 0.3) is 0 Å². The fraction of sp³-hybridized carbons (Fsp3) is 0.700. The monoisotopic (exact) mass is 489 g/mol. The highest BCUT2D eigenvalue weighted by Crippen LogP contribution is 2.11. The molecular formula is C20H35N5O9. The second kappa shape index (κ2) is 15.6. The number of hydrogen-bond acceptors (Lipinski definition) is 8. The highest BCUT2D eigenvalue weighted by molar-refractivity contribution is 5.96. The van der Waals surface area contributed by atoms with Crippen molar-refractivity contribution in [2.75, 3.05) is 6.54 Å². The Kier molecular flexibility index (Phi) is 14.1. The first-order chi connectivity index (χ1) is 15.8. The molecule has 0 spiro atoms. The van der Waals surface area contributed by atoms with Crippen LogP contribution in [-0.4, -0.2) is 81.7 Å². The fourth-order valence-electron chi connectivity index (χ4n) is 2.91. The van der Waals surface area contributed by atoms with Crippen molar-refractivity contribution < 1.29 is 44.1 Å². The molecule has 0 aromatic heterocycles. The van der Waals surface area contributed by atoms with Crippen molar-refractivity contribution in [3.63, 3.8) is 0 Å². The summed E-state index contributed by atoms with van der Waals surface area (Å²) >= 11 is 0. The molecule has 14 nitrogen and oxygen atoms in total. The second-order valence-electron chi connectivity index (χ2n) is 7.92. The van der Waals surface area contributed by atoms with Crippen molar-refractivity contribution >= 4 is 35.6 Å². The van der Waals surface area contributed by atoms with Crippen LogP contribution in [0.3, 0.4) is 0 Å². The number of amides is 3. The number of carboxylic acids is 3. The molecular weight excluding hydrogens is 454 g/mol. The molecule has 194 valence electrons. The number of rotatable bonds is 17. The van der Waals surface area contributed by atoms with Gasteiger partial charge in [-0.05, 0) is 31.7 Å². The van der Waals surface area contributed by atoms with Gasteiger partial charge in [-0.25, -0.2) is 4.79 Å². The molecule has 34 heavy (non-hydrogen) atoms. The van der Waals surface area contributed by atoms with Crippen molar-refractivity contribution in [2.24, 2.45) is 17.4 Å². The average Bonchev–Trinajstić information content (AvgIpc) is 2.74. The number of hydrogen-bond donors (Lipinski definition) is 8. The molecule has 0 saturated carbocycles. The molecule has 5 unspecified atom stereocenters. The lowest BCUT2D eigenvalue weighted by atomic mass is 9.97. The molecule has 5 atom stereocenters. The Morgan fingerprint density at radius 3 is 1.82 bits per heavy atom. The van der Waals surface area contributed by atoms with Gasteiger partial charge in [0, 0.05) is 0 Å². The molecule has 0 aliphatic heterocycles. The number of carbonyl (C=O) groups excluding carboxylic acids is 3. The second-order valence-corrected chi connectivity index (χ2v) is 7.92. The number of unbranched alkanes of at least 4 members (excludes halogenated alkanes) is 1. The Labute approximate surface area is 196 Å². The zero-order chi connectivity index (χ0) is 26.4. The van der Waals surface area contributed by atoms with E-state index in [0.717, 1.165) is 0 Å². The molecule has 0 aromatic rings. The number of carbonyl (C=O) groups is 6. The van der Waals surface area contributed by atoms with Crippen LogP contribution in [0.15, 0.2) is 0 Å². The summed E-state index contributed by atoms with van der Waals surface area (Å²) in [6.07, 6.45) is -0.0561. The van der Waals surface area contributed by atoms with Gasteiger partial charge in [-0.2, -0.15) is 0 Å². The van der Waals surface area contributed by atoms with E-state index in [4.69, 9.17) is 21.7 Å². The largest absolute Gasteiger partial charge is 0.481 e. The van der Waals surface area contributed by atoms with Gasteiger partial charge in [-0.1, -0.05) is 20.3 Å². The molecule has 0 bridgehead atoms. The lowest BCUT2D eigenvalue weighted by molar-refractivity contribution is -0.144. The van der Waals surface area contributed by atoms with Crippen LogP contribution in [0.2, 0.25) is 0 Å². The molecule has 0 heterocycles. The van der Waals surface area contributed by atoms with Gasteiger partial charge in [0.2, 0.25) is 17.7 Å². The van der Waals surface area contributed by atoms with E-state index in [9.17, 15) is 33.9 Å². The van der Waals surface area contributed by atoms with E-state index >= 15 is 0 Å². The van der Waals surface area contributed by atoms with E-state index in [1.165, 1.54) is 0 Å². The van der Waals surface area contributed by atoms with Crippen LogP contribution in [0.5, 0.6) is 0 Å². The maximum Gasteiger partial charge on any atom is 0.326 e. The minimum atomic E-state index is -1.65. The summed E-state index contributed by atoms with van der Waals surface area (Å²) in [4.78, 5) is 71.1. The topological polar surface area (TPSA) is 251 Å². The Bertz CT molecular complexity index is 746. The van der Waals surface area contributed by atoms with Gasteiger partial charge < -0.3 is 42.7 Å². The average molecular weight is 490 g/mol. The standard InChI is InChI=1S/C20H35N5O9/c1-3-10(2)16(19(32)23-12(20(33)34)6-4-5-7-21)25-18(31)13(9-15(28)29)24-17(30)11(22)8-14(26)27/h10-13,16H,3-9,21-22H2,1-2H3,(H,23,32)(H,24,30)(H,25,31)(H,26,27)(H,28,29)(H,33,34). The quantitative estimate of drug-likeness (QED) is 0.103. The Hall–Kier alpha value is -3.26. The molecule has 0 radical (unpaired) electrons. The zero-order valence-electron chi connectivity index (χ0n) is 19.3. The van der Waals surface area contributed by atoms with E-state index in [1.807, 2.05) is 0 Å². The Morgan fingerprint density at radius 2 is 1.35 bits per heavy atom. The van der Waals surface area contributed by atoms with Gasteiger partial charge in [0.05, 0.1) is 18.9 Å². The molecule has 14 heteroatoms. The summed E-state index contributed by atoms with van der Waals surface area (Å²) < 4.78 is 0. The van der Waals surface area contributed by atoms with Crippen LogP contribution >= 0.6 is 0 Å². The summed E-state index contributed by atoms with van der Waals surface area (Å²) in [5, 5.41) is 34.1. The highest BCUT2D eigenvalue weighted by Gasteiger charge is 2.33. The van der Waals surface area contributed by atoms with Crippen LogP contribution in [0.4, 0.5) is 0 Å². The van der Waals surface area contributed by atoms with Gasteiger partial charge in [-0.3, -0.25) is 24.0 Å². The predicted octanol–water partition coefficient (Wildman–Crippen LogP) is -2.02. The SMILES string of the molecule is CCC(C)C(NC(=O)C(CC(=O)O)NC(=O)C(N)CC(=O)O)C(=O)NC(CCCCN)C(=O)O. The van der Waals surface area contributed by atoms with Crippen molar-refractivity contribution in [2.45, 2.75) is 76.5 Å². The molecule has 10 N–H and O–H groups in total. The van der Waals surface area contributed by atoms with E-state index in [2.05, 4.69) is 16.0 Å². The third-order valence-electron chi connectivity index (χ3n) is 5.10. The number of aliphatic carboxylic acids is 3. The van der Waals surface area contributed by atoms with E-state index < -0.39 is 78.6 Å². The van der Waals surface area contributed by atoms with Crippen molar-refractivity contribution in [1.82, 2.24) is 16.0 Å². The normalized spacial score (nSPS) is 15.2. The third kappa shape index (κ3) is 11.6. The lowest BCUT2D eigenvalue weighted by Gasteiger charge is -2.27. The Balaban J connectivity index is 5.53. The summed E-state index contributed by atoms with van der Waals surface area (Å²) in [5.41, 5.74) is 10.9. The smallest absolute Gasteiger partial charge is 0.326 e. The zero-order valence-corrected chi connectivity index (χ0v) is 19.3. The first-order valence-electron chi connectivity index (χ1n) is 10.9. The maximum atomic E-state index is 12.8. The first kappa shape index (κ1) is 30.7. The van der Waals surface area contributed by atoms with Crippen LogP contribution in [0.1, 0.15) is 52.4 Å². The lowest BCUT2D eigenvalue weighted by Crippen LogP contribution is -2.59. The minimum absolute atomic E-state index is 0.124. The number of carboxylic acid groups (broad SMARTS) is 3. The van der Waals surface area contributed by atoms with Gasteiger partial charge in [0.1, 0.15) is 18.1 Å². The molecule has 0 aliphatic carbocycles. The first-order valence-corrected chi connectivity index (χ1v) is 10.9. The third-order valence-corrected chi connectivity index (χ3v) is 5.10. The Morgan fingerprint density at radius 1 is 0.794 bits per heavy atom. The van der Waals surface area contributed by atoms with Crippen LogP contribution in [0, 0.1) is 5.92 Å². The summed E-state index contributed by atoms with van der Waals surface area (Å²) in [6.45, 7) is 3.72. The molecule has 0 fully saturated rings. The molecule has 0 aliphatic rings. The van der Waals surface area contributed by atoms with Crippen LogP contribution < -0.4 is 27.4 Å². The van der Waals surface area contributed by atoms with Crippen molar-refractivity contribution in [1.29, 1.82) is 0 Å². The highest BCUT2D eigenvalue weighted by atomic mass is 16.4. The maximum absolute atomic E-state index is 12.8. The summed E-state index contributed by atoms with van der Waals surface area (Å²) in [7, 11) is 0. The number of nitrogens with two attached hydrogens (primary N) is 2. The van der Waals surface area contributed by atoms with Gasteiger partial charge >= 0.3 is 17.9 Å². The summed E-state index contributed by atoms with van der Waals surface area (Å²) in [5.74, 6) is -7.41. The van der Waals surface area contributed by atoms with E-state index in [1.54, 1.807) is 13.8 Å². The molecule has 0 saturated heterocycles. The van der Waals surface area contributed by atoms with Crippen LogP contribution in [0.25, 0.3) is 0 Å². The molecule has 0 aromatic carbocycles. The van der Waals surface area contributed by atoms with E-state index in [0.29, 0.717) is 25.8 Å². The minimum Gasteiger partial charge on any atom is -0.481 e. The van der Waals surface area contributed by atoms with Crippen LogP contribution in [-0.2, 0) is 28.8 Å². The molecule has 3 amide bonds. The predicted molar refractivity (Wildman–Crippen MR) is 118 cm³/mol. The van der Waals surface area contributed by atoms with Gasteiger partial charge in [0.15, 0.2) is 0 Å².